The molecule has 2 aromatic carbocycles. The quantitative estimate of drug-likeness (QED) is 0.485. The maximum atomic E-state index is 5.71. The van der Waals surface area contributed by atoms with Gasteiger partial charge in [0.15, 0.2) is 0 Å². The first-order chi connectivity index (χ1) is 7.79. The van der Waals surface area contributed by atoms with Gasteiger partial charge in [-0.15, -0.1) is 0 Å². The van der Waals surface area contributed by atoms with Crippen LogP contribution in [0.4, 0.5) is 0 Å². The van der Waals surface area contributed by atoms with Gasteiger partial charge in [-0.2, -0.15) is 0 Å². The zero-order valence-electron chi connectivity index (χ0n) is 9.22. The number of rotatable bonds is 4. The lowest BCUT2D eigenvalue weighted by molar-refractivity contribution is -0.302. The van der Waals surface area contributed by atoms with E-state index in [1.165, 1.54) is 17.9 Å². The van der Waals surface area contributed by atoms with Gasteiger partial charge in [-0.05, 0) is 16.3 Å². The topological polar surface area (TPSA) is 44.5 Å². The zero-order valence-corrected chi connectivity index (χ0v) is 9.22. The molecule has 0 heterocycles. The Morgan fingerprint density at radius 1 is 1.12 bits per heavy atom. The van der Waals surface area contributed by atoms with Crippen LogP contribution in [-0.4, -0.2) is 13.3 Å². The molecule has 0 saturated carbocycles. The molecular formula is C13H15NO2. The largest absolute Gasteiger partial charge is 0.303 e. The van der Waals surface area contributed by atoms with E-state index in [1.54, 1.807) is 0 Å². The van der Waals surface area contributed by atoms with E-state index in [0.29, 0.717) is 6.42 Å². The minimum Gasteiger partial charge on any atom is -0.303 e. The lowest BCUT2D eigenvalue weighted by atomic mass is 10.0. The first-order valence-corrected chi connectivity index (χ1v) is 5.22. The van der Waals surface area contributed by atoms with Crippen LogP contribution in [0, 0.1) is 0 Å². The van der Waals surface area contributed by atoms with E-state index in [-0.39, 0.29) is 0 Å². The standard InChI is InChI=1S/C13H15NO2/c1-15-16-13(14)9-10-6-7-11-4-2-3-5-12(11)8-10/h2-8,13H,9,14H2,1H3. The number of hydrogen-bond donors (Lipinski definition) is 1. The van der Waals surface area contributed by atoms with Crippen LogP contribution >= 0.6 is 0 Å². The molecule has 0 amide bonds. The molecule has 2 rings (SSSR count). The summed E-state index contributed by atoms with van der Waals surface area (Å²) < 4.78 is 0. The van der Waals surface area contributed by atoms with Crippen molar-refractivity contribution in [2.24, 2.45) is 5.73 Å². The van der Waals surface area contributed by atoms with E-state index in [2.05, 4.69) is 35.2 Å². The van der Waals surface area contributed by atoms with E-state index in [1.807, 2.05) is 12.1 Å². The van der Waals surface area contributed by atoms with Crippen LogP contribution in [0.5, 0.6) is 0 Å². The zero-order chi connectivity index (χ0) is 11.4. The van der Waals surface area contributed by atoms with Gasteiger partial charge in [-0.1, -0.05) is 42.5 Å². The van der Waals surface area contributed by atoms with Crippen LogP contribution in [0.25, 0.3) is 10.8 Å². The predicted octanol–water partition coefficient (Wildman–Crippen LogP) is 2.25. The third kappa shape index (κ3) is 2.58. The Kier molecular flexibility index (Phi) is 3.51. The highest BCUT2D eigenvalue weighted by molar-refractivity contribution is 5.82. The van der Waals surface area contributed by atoms with Crippen molar-refractivity contribution in [3.63, 3.8) is 0 Å². The molecule has 2 aromatic rings. The molecule has 0 aliphatic carbocycles. The van der Waals surface area contributed by atoms with E-state index < -0.39 is 6.23 Å². The third-order valence-corrected chi connectivity index (χ3v) is 2.47. The first kappa shape index (κ1) is 11.1. The molecule has 3 nitrogen and oxygen atoms in total. The summed E-state index contributed by atoms with van der Waals surface area (Å²) in [6, 6.07) is 14.5. The number of hydrogen-bond acceptors (Lipinski definition) is 3. The van der Waals surface area contributed by atoms with Gasteiger partial charge in [-0.3, -0.25) is 0 Å². The fourth-order valence-electron chi connectivity index (χ4n) is 1.76. The Labute approximate surface area is 94.7 Å². The Hall–Kier alpha value is -1.42. The van der Waals surface area contributed by atoms with E-state index in [9.17, 15) is 0 Å². The summed E-state index contributed by atoms with van der Waals surface area (Å²) in [5.41, 5.74) is 6.85. The van der Waals surface area contributed by atoms with Crippen molar-refractivity contribution in [2.75, 3.05) is 7.11 Å². The molecule has 16 heavy (non-hydrogen) atoms. The van der Waals surface area contributed by atoms with Gasteiger partial charge >= 0.3 is 0 Å². The maximum absolute atomic E-state index is 5.71. The smallest absolute Gasteiger partial charge is 0.145 e. The van der Waals surface area contributed by atoms with E-state index >= 15 is 0 Å². The van der Waals surface area contributed by atoms with Gasteiger partial charge in [-0.25, -0.2) is 9.78 Å². The average molecular weight is 217 g/mol. The molecule has 0 aliphatic heterocycles. The molecule has 2 N–H and O–H groups in total. The van der Waals surface area contributed by atoms with Crippen molar-refractivity contribution in [1.29, 1.82) is 0 Å². The Morgan fingerprint density at radius 2 is 1.88 bits per heavy atom. The highest BCUT2D eigenvalue weighted by atomic mass is 17.2. The molecule has 0 saturated heterocycles. The second-order valence-corrected chi connectivity index (χ2v) is 3.69. The second kappa shape index (κ2) is 5.07. The molecule has 0 spiro atoms. The third-order valence-electron chi connectivity index (χ3n) is 2.47. The molecule has 0 aliphatic rings. The highest BCUT2D eigenvalue weighted by Crippen LogP contribution is 2.16. The molecule has 0 bridgehead atoms. The van der Waals surface area contributed by atoms with Crippen molar-refractivity contribution in [3.8, 4) is 0 Å². The lowest BCUT2D eigenvalue weighted by Gasteiger charge is -2.10. The van der Waals surface area contributed by atoms with Gasteiger partial charge in [0.05, 0.1) is 7.11 Å². The summed E-state index contributed by atoms with van der Waals surface area (Å²) in [4.78, 5) is 9.37. The predicted molar refractivity (Wildman–Crippen MR) is 63.7 cm³/mol. The summed E-state index contributed by atoms with van der Waals surface area (Å²) >= 11 is 0. The van der Waals surface area contributed by atoms with Crippen LogP contribution in [0.2, 0.25) is 0 Å². The molecule has 84 valence electrons. The van der Waals surface area contributed by atoms with Gasteiger partial charge in [0.1, 0.15) is 6.23 Å². The summed E-state index contributed by atoms with van der Waals surface area (Å²) in [6.45, 7) is 0. The number of fused-ring (bicyclic) bond motifs is 1. The van der Waals surface area contributed by atoms with E-state index in [4.69, 9.17) is 10.6 Å². The maximum Gasteiger partial charge on any atom is 0.145 e. The minimum atomic E-state index is -0.425. The molecule has 0 aromatic heterocycles. The fraction of sp³-hybridized carbons (Fsp3) is 0.231. The van der Waals surface area contributed by atoms with Crippen LogP contribution in [-0.2, 0) is 16.2 Å². The van der Waals surface area contributed by atoms with Crippen molar-refractivity contribution in [1.82, 2.24) is 0 Å². The first-order valence-electron chi connectivity index (χ1n) is 5.22. The monoisotopic (exact) mass is 217 g/mol. The van der Waals surface area contributed by atoms with Crippen LogP contribution in [0.15, 0.2) is 42.5 Å². The lowest BCUT2D eigenvalue weighted by Crippen LogP contribution is -2.25. The number of nitrogens with two attached hydrogens (primary N) is 1. The summed E-state index contributed by atoms with van der Waals surface area (Å²) in [6.07, 6.45) is 0.213. The van der Waals surface area contributed by atoms with Gasteiger partial charge < -0.3 is 5.73 Å². The van der Waals surface area contributed by atoms with E-state index in [0.717, 1.165) is 5.56 Å². The van der Waals surface area contributed by atoms with Gasteiger partial charge in [0.25, 0.3) is 0 Å². The van der Waals surface area contributed by atoms with Crippen LogP contribution < -0.4 is 5.73 Å². The SMILES string of the molecule is COOC(N)Cc1ccc2ccccc2c1. The summed E-state index contributed by atoms with van der Waals surface area (Å²) in [5, 5.41) is 2.44. The molecule has 3 heteroatoms. The molecule has 0 fully saturated rings. The Bertz CT molecular complexity index is 470. The van der Waals surface area contributed by atoms with Crippen molar-refractivity contribution in [3.05, 3.63) is 48.0 Å². The fourth-order valence-corrected chi connectivity index (χ4v) is 1.76. The molecular weight excluding hydrogens is 202 g/mol. The minimum absolute atomic E-state index is 0.425. The Morgan fingerprint density at radius 3 is 2.62 bits per heavy atom. The van der Waals surface area contributed by atoms with Crippen molar-refractivity contribution >= 4 is 10.8 Å². The molecule has 1 atom stereocenters. The van der Waals surface area contributed by atoms with Gasteiger partial charge in [0.2, 0.25) is 0 Å². The summed E-state index contributed by atoms with van der Waals surface area (Å²) in [5.74, 6) is 0. The van der Waals surface area contributed by atoms with Crippen molar-refractivity contribution < 1.29 is 9.78 Å². The van der Waals surface area contributed by atoms with Crippen LogP contribution in [0.1, 0.15) is 5.56 Å². The Balaban J connectivity index is 2.19. The number of benzene rings is 2. The van der Waals surface area contributed by atoms with Crippen LogP contribution in [0.3, 0.4) is 0 Å². The molecule has 0 radical (unpaired) electrons. The normalized spacial score (nSPS) is 12.9. The second-order valence-electron chi connectivity index (χ2n) is 3.69. The average Bonchev–Trinajstić information content (AvgIpc) is 2.29. The summed E-state index contributed by atoms with van der Waals surface area (Å²) in [7, 11) is 1.46. The van der Waals surface area contributed by atoms with Crippen molar-refractivity contribution in [2.45, 2.75) is 12.6 Å². The molecule has 1 unspecified atom stereocenters. The van der Waals surface area contributed by atoms with Gasteiger partial charge in [0, 0.05) is 6.42 Å². The highest BCUT2D eigenvalue weighted by Gasteiger charge is 2.04.